The van der Waals surface area contributed by atoms with Crippen molar-refractivity contribution in [1.82, 2.24) is 19.9 Å². The van der Waals surface area contributed by atoms with Gasteiger partial charge >= 0.3 is 0 Å². The monoisotopic (exact) mass is 356 g/mol. The zero-order valence-corrected chi connectivity index (χ0v) is 15.4. The van der Waals surface area contributed by atoms with Crippen LogP contribution in [0.4, 0.5) is 0 Å². The molecule has 2 aromatic carbocycles. The third-order valence-electron chi connectivity index (χ3n) is 4.56. The van der Waals surface area contributed by atoms with Crippen LogP contribution in [0.5, 0.6) is 0 Å². The maximum atomic E-state index is 5.47. The summed E-state index contributed by atoms with van der Waals surface area (Å²) in [5.74, 6) is 0.973. The molecule has 4 rings (SSSR count). The van der Waals surface area contributed by atoms with Crippen molar-refractivity contribution in [3.05, 3.63) is 78.4 Å². The van der Waals surface area contributed by atoms with Crippen molar-refractivity contribution in [3.63, 3.8) is 0 Å². The fourth-order valence-electron chi connectivity index (χ4n) is 3.12. The van der Waals surface area contributed by atoms with Crippen LogP contribution in [0, 0.1) is 6.92 Å². The Morgan fingerprint density at radius 1 is 1.07 bits per heavy atom. The molecule has 0 aliphatic carbocycles. The first-order chi connectivity index (χ1) is 13.2. The van der Waals surface area contributed by atoms with Crippen LogP contribution in [0.15, 0.2) is 71.8 Å². The van der Waals surface area contributed by atoms with Gasteiger partial charge in [-0.05, 0) is 42.2 Å². The van der Waals surface area contributed by atoms with E-state index in [1.165, 1.54) is 11.1 Å². The number of allylic oxidation sites excluding steroid dienone is 1. The van der Waals surface area contributed by atoms with Crippen LogP contribution in [-0.4, -0.2) is 19.9 Å². The molecule has 134 valence electrons. The third-order valence-corrected chi connectivity index (χ3v) is 4.56. The van der Waals surface area contributed by atoms with Gasteiger partial charge in [-0.2, -0.15) is 10.1 Å². The molecule has 0 saturated carbocycles. The van der Waals surface area contributed by atoms with Gasteiger partial charge in [0.2, 0.25) is 5.82 Å². The molecule has 0 spiro atoms. The molecule has 0 bridgehead atoms. The zero-order chi connectivity index (χ0) is 18.8. The van der Waals surface area contributed by atoms with Gasteiger partial charge in [0.25, 0.3) is 5.89 Å². The molecule has 0 atom stereocenters. The average Bonchev–Trinajstić information content (AvgIpc) is 3.31. The van der Waals surface area contributed by atoms with Crippen LogP contribution < -0.4 is 0 Å². The van der Waals surface area contributed by atoms with Crippen molar-refractivity contribution < 1.29 is 4.52 Å². The first-order valence-electron chi connectivity index (χ1n) is 8.80. The maximum absolute atomic E-state index is 5.47. The van der Waals surface area contributed by atoms with Gasteiger partial charge in [-0.15, -0.1) is 6.58 Å². The normalized spacial score (nSPS) is 10.9. The summed E-state index contributed by atoms with van der Waals surface area (Å²) < 4.78 is 7.30. The van der Waals surface area contributed by atoms with E-state index in [1.807, 2.05) is 60.3 Å². The van der Waals surface area contributed by atoms with E-state index >= 15 is 0 Å². The summed E-state index contributed by atoms with van der Waals surface area (Å²) >= 11 is 0. The Hall–Kier alpha value is -3.47. The van der Waals surface area contributed by atoms with E-state index < -0.39 is 0 Å². The summed E-state index contributed by atoms with van der Waals surface area (Å²) in [5.41, 5.74) is 6.10. The van der Waals surface area contributed by atoms with E-state index in [9.17, 15) is 0 Å². The largest absolute Gasteiger partial charge is 0.332 e. The standard InChI is InChI=1S/C22H20N4O/c1-4-8-16-11-12-18(13-15(16)2)21-23-22(27-25-21)19-14-20(26(3)24-19)17-9-6-5-7-10-17/h4-7,9-14H,1,8H2,2-3H3. The lowest BCUT2D eigenvalue weighted by Gasteiger charge is -2.03. The molecule has 0 aliphatic heterocycles. The predicted octanol–water partition coefficient (Wildman–Crippen LogP) is 4.84. The topological polar surface area (TPSA) is 56.7 Å². The second kappa shape index (κ2) is 7.03. The number of hydrogen-bond donors (Lipinski definition) is 0. The lowest BCUT2D eigenvalue weighted by atomic mass is 10.0. The number of rotatable bonds is 5. The number of benzene rings is 2. The summed E-state index contributed by atoms with van der Waals surface area (Å²) in [7, 11) is 1.91. The second-order valence-electron chi connectivity index (χ2n) is 6.46. The van der Waals surface area contributed by atoms with E-state index in [1.54, 1.807) is 0 Å². The summed E-state index contributed by atoms with van der Waals surface area (Å²) in [6.45, 7) is 5.87. The number of aromatic nitrogens is 4. The Labute approximate surface area is 158 Å². The highest BCUT2D eigenvalue weighted by atomic mass is 16.5. The third kappa shape index (κ3) is 3.31. The molecule has 0 saturated heterocycles. The highest BCUT2D eigenvalue weighted by Crippen LogP contribution is 2.27. The van der Waals surface area contributed by atoms with Gasteiger partial charge in [-0.1, -0.05) is 53.7 Å². The van der Waals surface area contributed by atoms with Crippen LogP contribution in [-0.2, 0) is 13.5 Å². The number of hydrogen-bond acceptors (Lipinski definition) is 4. The minimum atomic E-state index is 0.413. The fourth-order valence-corrected chi connectivity index (χ4v) is 3.12. The molecule has 2 aromatic heterocycles. The first-order valence-corrected chi connectivity index (χ1v) is 8.80. The van der Waals surface area contributed by atoms with E-state index in [-0.39, 0.29) is 0 Å². The first kappa shape index (κ1) is 17.0. The van der Waals surface area contributed by atoms with Gasteiger partial charge in [0.05, 0.1) is 5.69 Å². The lowest BCUT2D eigenvalue weighted by molar-refractivity contribution is 0.430. The zero-order valence-electron chi connectivity index (χ0n) is 15.4. The molecule has 4 aromatic rings. The smallest absolute Gasteiger partial charge is 0.278 e. The van der Waals surface area contributed by atoms with E-state index in [4.69, 9.17) is 4.52 Å². The quantitative estimate of drug-likeness (QED) is 0.480. The molecule has 0 fully saturated rings. The van der Waals surface area contributed by atoms with Crippen LogP contribution >= 0.6 is 0 Å². The number of nitrogens with zero attached hydrogens (tertiary/aromatic N) is 4. The molecule has 0 amide bonds. The van der Waals surface area contributed by atoms with Gasteiger partial charge in [-0.25, -0.2) is 0 Å². The fraction of sp³-hybridized carbons (Fsp3) is 0.136. The minimum absolute atomic E-state index is 0.413. The van der Waals surface area contributed by atoms with Gasteiger partial charge in [0.15, 0.2) is 5.69 Å². The Bertz CT molecular complexity index is 1090. The Morgan fingerprint density at radius 2 is 1.89 bits per heavy atom. The minimum Gasteiger partial charge on any atom is -0.332 e. The van der Waals surface area contributed by atoms with Gasteiger partial charge in [-0.3, -0.25) is 4.68 Å². The molecular weight excluding hydrogens is 336 g/mol. The van der Waals surface area contributed by atoms with Crippen molar-refractivity contribution in [3.8, 4) is 34.2 Å². The van der Waals surface area contributed by atoms with Crippen LogP contribution in [0.3, 0.4) is 0 Å². The van der Waals surface area contributed by atoms with Crippen LogP contribution in [0.25, 0.3) is 34.2 Å². The molecule has 5 heteroatoms. The van der Waals surface area contributed by atoms with Crippen molar-refractivity contribution >= 4 is 0 Å². The highest BCUT2D eigenvalue weighted by molar-refractivity contribution is 5.66. The molecule has 0 aliphatic rings. The van der Waals surface area contributed by atoms with Gasteiger partial charge < -0.3 is 4.52 Å². The van der Waals surface area contributed by atoms with E-state index in [0.717, 1.165) is 23.2 Å². The van der Waals surface area contributed by atoms with E-state index in [0.29, 0.717) is 17.4 Å². The Balaban J connectivity index is 1.66. The average molecular weight is 356 g/mol. The molecule has 0 radical (unpaired) electrons. The summed E-state index contributed by atoms with van der Waals surface area (Å²) in [6.07, 6.45) is 2.75. The molecule has 27 heavy (non-hydrogen) atoms. The van der Waals surface area contributed by atoms with Crippen LogP contribution in [0.1, 0.15) is 11.1 Å². The van der Waals surface area contributed by atoms with Crippen molar-refractivity contribution in [2.24, 2.45) is 7.05 Å². The highest BCUT2D eigenvalue weighted by Gasteiger charge is 2.16. The summed E-state index contributed by atoms with van der Waals surface area (Å²) in [5, 5.41) is 8.67. The lowest BCUT2D eigenvalue weighted by Crippen LogP contribution is -1.93. The van der Waals surface area contributed by atoms with E-state index in [2.05, 4.69) is 40.9 Å². The SMILES string of the molecule is C=CCc1ccc(-c2noc(-c3cc(-c4ccccc4)n(C)n3)n2)cc1C. The molecule has 5 nitrogen and oxygen atoms in total. The molecule has 2 heterocycles. The van der Waals surface area contributed by atoms with Crippen molar-refractivity contribution in [1.29, 1.82) is 0 Å². The van der Waals surface area contributed by atoms with Gasteiger partial charge in [0, 0.05) is 12.6 Å². The predicted molar refractivity (Wildman–Crippen MR) is 106 cm³/mol. The second-order valence-corrected chi connectivity index (χ2v) is 6.46. The molecule has 0 N–H and O–H groups in total. The molecular formula is C22H20N4O. The van der Waals surface area contributed by atoms with Crippen molar-refractivity contribution in [2.45, 2.75) is 13.3 Å². The Kier molecular flexibility index (Phi) is 4.42. The maximum Gasteiger partial charge on any atom is 0.278 e. The molecule has 0 unspecified atom stereocenters. The van der Waals surface area contributed by atoms with Crippen LogP contribution in [0.2, 0.25) is 0 Å². The van der Waals surface area contributed by atoms with Gasteiger partial charge in [0.1, 0.15) is 0 Å². The summed E-state index contributed by atoms with van der Waals surface area (Å²) in [6, 6.07) is 18.2. The Morgan fingerprint density at radius 3 is 2.63 bits per heavy atom. The summed E-state index contributed by atoms with van der Waals surface area (Å²) in [4.78, 5) is 4.54. The van der Waals surface area contributed by atoms with Crippen molar-refractivity contribution in [2.75, 3.05) is 0 Å². The number of aryl methyl sites for hydroxylation is 2.